The zero-order valence-corrected chi connectivity index (χ0v) is 22.1. The molecule has 3 amide bonds. The van der Waals surface area contributed by atoms with E-state index >= 15 is 0 Å². The van der Waals surface area contributed by atoms with E-state index in [-0.39, 0.29) is 54.7 Å². The van der Waals surface area contributed by atoms with Gasteiger partial charge in [0, 0.05) is 27.9 Å². The Balaban J connectivity index is 1.56. The van der Waals surface area contributed by atoms with Crippen molar-refractivity contribution in [3.05, 3.63) is 91.5 Å². The van der Waals surface area contributed by atoms with Crippen molar-refractivity contribution in [3.8, 4) is 5.75 Å². The highest BCUT2D eigenvalue weighted by Crippen LogP contribution is 2.36. The topological polar surface area (TPSA) is 128 Å². The van der Waals surface area contributed by atoms with Crippen molar-refractivity contribution in [3.63, 3.8) is 0 Å². The lowest BCUT2D eigenvalue weighted by Gasteiger charge is -2.17. The molecule has 38 heavy (non-hydrogen) atoms. The molecule has 3 aromatic carbocycles. The smallest absolute Gasteiger partial charge is 0.283 e. The largest absolute Gasteiger partial charge is 0.545 e. The van der Waals surface area contributed by atoms with E-state index in [4.69, 9.17) is 51.1 Å². The first-order valence-electron chi connectivity index (χ1n) is 10.5. The predicted octanol–water partition coefficient (Wildman–Crippen LogP) is 4.71. The fraction of sp³-hybridized carbons (Fsp3) is 0.0400. The zero-order chi connectivity index (χ0) is 27.7. The van der Waals surface area contributed by atoms with Crippen LogP contribution in [0.3, 0.4) is 0 Å². The minimum Gasteiger partial charge on any atom is -0.545 e. The summed E-state index contributed by atoms with van der Waals surface area (Å²) >= 11 is 24.4. The first kappa shape index (κ1) is 27.3. The quantitative estimate of drug-likeness (QED) is 0.380. The van der Waals surface area contributed by atoms with Crippen LogP contribution in [0, 0.1) is 0 Å². The van der Waals surface area contributed by atoms with Crippen LogP contribution in [-0.2, 0) is 9.59 Å². The molecule has 0 fully saturated rings. The summed E-state index contributed by atoms with van der Waals surface area (Å²) in [7, 11) is 1.26. The van der Waals surface area contributed by atoms with Gasteiger partial charge in [0.05, 0.1) is 34.5 Å². The Morgan fingerprint density at radius 1 is 0.921 bits per heavy atom. The summed E-state index contributed by atoms with van der Waals surface area (Å²) in [6.07, 6.45) is 0. The van der Waals surface area contributed by atoms with Crippen molar-refractivity contribution in [2.24, 2.45) is 0 Å². The Morgan fingerprint density at radius 2 is 1.66 bits per heavy atom. The van der Waals surface area contributed by atoms with E-state index in [0.29, 0.717) is 5.02 Å². The number of hydrogen-bond acceptors (Lipinski definition) is 7. The van der Waals surface area contributed by atoms with E-state index in [1.807, 2.05) is 0 Å². The summed E-state index contributed by atoms with van der Waals surface area (Å²) in [4.78, 5) is 50.8. The molecule has 0 saturated heterocycles. The minimum absolute atomic E-state index is 0.0550. The molecule has 0 atom stereocenters. The summed E-state index contributed by atoms with van der Waals surface area (Å²) < 4.78 is 5.03. The summed E-state index contributed by atoms with van der Waals surface area (Å²) in [6.45, 7) is 0. The second kappa shape index (κ2) is 10.9. The molecule has 13 heteroatoms. The number of carboxylic acids is 1. The molecular formula is C25H14Cl4N3O6-. The van der Waals surface area contributed by atoms with Crippen LogP contribution in [0.25, 0.3) is 0 Å². The van der Waals surface area contributed by atoms with Crippen molar-refractivity contribution >= 4 is 87.2 Å². The number of carboxylic acid groups (broad SMARTS) is 1. The van der Waals surface area contributed by atoms with Crippen LogP contribution in [-0.4, -0.2) is 30.8 Å². The summed E-state index contributed by atoms with van der Waals surface area (Å²) in [6, 6.07) is 12.6. The van der Waals surface area contributed by atoms with Crippen molar-refractivity contribution in [2.45, 2.75) is 0 Å². The zero-order valence-electron chi connectivity index (χ0n) is 19.1. The molecule has 0 radical (unpaired) electrons. The summed E-state index contributed by atoms with van der Waals surface area (Å²) in [5.41, 5.74) is 0.107. The van der Waals surface area contributed by atoms with Crippen LogP contribution in [0.15, 0.2) is 65.3 Å². The normalized spacial score (nSPS) is 13.1. The molecular weight excluding hydrogens is 580 g/mol. The van der Waals surface area contributed by atoms with Crippen LogP contribution >= 0.6 is 46.4 Å². The van der Waals surface area contributed by atoms with Crippen LogP contribution in [0.4, 0.5) is 17.1 Å². The molecule has 194 valence electrons. The maximum Gasteiger partial charge on any atom is 0.283 e. The molecule has 1 aliphatic rings. The second-order valence-corrected chi connectivity index (χ2v) is 9.34. The molecule has 0 saturated carbocycles. The predicted molar refractivity (Wildman–Crippen MR) is 142 cm³/mol. The average Bonchev–Trinajstić information content (AvgIpc) is 3.08. The van der Waals surface area contributed by atoms with Gasteiger partial charge in [-0.2, -0.15) is 0 Å². The number of halogens is 4. The Kier molecular flexibility index (Phi) is 7.84. The number of amides is 3. The number of rotatable bonds is 7. The molecule has 9 nitrogen and oxygen atoms in total. The van der Waals surface area contributed by atoms with Crippen molar-refractivity contribution in [1.29, 1.82) is 0 Å². The monoisotopic (exact) mass is 592 g/mol. The van der Waals surface area contributed by atoms with Crippen LogP contribution in [0.1, 0.15) is 20.7 Å². The minimum atomic E-state index is -1.50. The highest BCUT2D eigenvalue weighted by Gasteiger charge is 2.40. The third-order valence-corrected chi connectivity index (χ3v) is 6.53. The van der Waals surface area contributed by atoms with E-state index in [1.54, 1.807) is 6.07 Å². The second-order valence-electron chi connectivity index (χ2n) is 7.71. The van der Waals surface area contributed by atoms with Crippen molar-refractivity contribution in [2.75, 3.05) is 22.6 Å². The first-order valence-corrected chi connectivity index (χ1v) is 12.0. The van der Waals surface area contributed by atoms with Gasteiger partial charge in [0.25, 0.3) is 17.7 Å². The lowest BCUT2D eigenvalue weighted by atomic mass is 10.1. The lowest BCUT2D eigenvalue weighted by Crippen LogP contribution is -2.32. The number of methoxy groups -OCH3 is 1. The van der Waals surface area contributed by atoms with Crippen LogP contribution in [0.5, 0.6) is 5.75 Å². The summed E-state index contributed by atoms with van der Waals surface area (Å²) in [5.74, 6) is -3.71. The highest BCUT2D eigenvalue weighted by molar-refractivity contribution is 6.54. The van der Waals surface area contributed by atoms with Crippen molar-refractivity contribution < 1.29 is 29.0 Å². The Hall–Kier alpha value is -3.76. The molecule has 0 spiro atoms. The van der Waals surface area contributed by atoms with E-state index in [0.717, 1.165) is 11.0 Å². The number of nitrogens with one attached hydrogen (secondary N) is 2. The Bertz CT molecular complexity index is 1560. The maximum absolute atomic E-state index is 13.1. The maximum atomic E-state index is 13.1. The number of hydrogen-bond donors (Lipinski definition) is 2. The van der Waals surface area contributed by atoms with E-state index < -0.39 is 23.7 Å². The Labute approximate surface area is 235 Å². The highest BCUT2D eigenvalue weighted by atomic mass is 35.5. The van der Waals surface area contributed by atoms with E-state index in [2.05, 4.69) is 10.6 Å². The number of carbonyl (C=O) groups is 4. The van der Waals surface area contributed by atoms with Gasteiger partial charge >= 0.3 is 0 Å². The fourth-order valence-electron chi connectivity index (χ4n) is 3.55. The number of nitrogens with zero attached hydrogens (tertiary/aromatic N) is 1. The van der Waals surface area contributed by atoms with Gasteiger partial charge in [-0.3, -0.25) is 14.4 Å². The molecule has 2 N–H and O–H groups in total. The molecule has 0 bridgehead atoms. The van der Waals surface area contributed by atoms with Crippen LogP contribution in [0.2, 0.25) is 15.1 Å². The molecule has 1 heterocycles. The average molecular weight is 594 g/mol. The van der Waals surface area contributed by atoms with Gasteiger partial charge in [-0.1, -0.05) is 52.5 Å². The van der Waals surface area contributed by atoms with Gasteiger partial charge in [0.1, 0.15) is 16.5 Å². The molecule has 0 unspecified atom stereocenters. The lowest BCUT2D eigenvalue weighted by molar-refractivity contribution is -0.255. The van der Waals surface area contributed by atoms with Gasteiger partial charge in [-0.05, 0) is 42.5 Å². The number of carbonyl (C=O) groups excluding carboxylic acids is 4. The Morgan fingerprint density at radius 3 is 2.32 bits per heavy atom. The van der Waals surface area contributed by atoms with E-state index in [1.165, 1.54) is 49.6 Å². The van der Waals surface area contributed by atoms with Crippen molar-refractivity contribution in [1.82, 2.24) is 0 Å². The summed E-state index contributed by atoms with van der Waals surface area (Å²) in [5, 5.41) is 16.6. The number of ether oxygens (including phenoxy) is 1. The van der Waals surface area contributed by atoms with E-state index in [9.17, 15) is 24.3 Å². The van der Waals surface area contributed by atoms with Gasteiger partial charge < -0.3 is 25.3 Å². The molecule has 4 rings (SSSR count). The molecule has 0 aromatic heterocycles. The fourth-order valence-corrected chi connectivity index (χ4v) is 4.46. The van der Waals surface area contributed by atoms with Gasteiger partial charge in [0.2, 0.25) is 0 Å². The standard InChI is InChI=1S/C25H15Cl4N3O6/c1-38-19-10-17(15(27)9-14(19)25(36)37)31-22(33)11-3-2-4-13(7-11)30-21-20(29)23(34)32(24(21)35)18-6-5-12(26)8-16(18)28/h2-10,30H,1H3,(H,31,33)(H,36,37)/p-1. The van der Waals surface area contributed by atoms with Gasteiger partial charge in [-0.25, -0.2) is 4.90 Å². The number of aromatic carboxylic acids is 1. The van der Waals surface area contributed by atoms with Crippen LogP contribution < -0.4 is 25.4 Å². The molecule has 3 aromatic rings. The number of benzene rings is 3. The van der Waals surface area contributed by atoms with Gasteiger partial charge in [-0.15, -0.1) is 0 Å². The van der Waals surface area contributed by atoms with Gasteiger partial charge in [0.15, 0.2) is 0 Å². The third kappa shape index (κ3) is 5.27. The molecule has 1 aliphatic heterocycles. The first-order chi connectivity index (χ1) is 18.0. The number of imide groups is 1. The number of anilines is 3. The third-order valence-electron chi connectivity index (χ3n) is 5.33. The SMILES string of the molecule is COc1cc(NC(=O)c2cccc(NC3=C(Cl)C(=O)N(c4ccc(Cl)cc4Cl)C3=O)c2)c(Cl)cc1C(=O)[O-]. The molecule has 0 aliphatic carbocycles.